The Balaban J connectivity index is 1.65. The van der Waals surface area contributed by atoms with Gasteiger partial charge in [-0.25, -0.2) is 0 Å². The van der Waals surface area contributed by atoms with Gasteiger partial charge in [0.2, 0.25) is 0 Å². The van der Waals surface area contributed by atoms with Crippen molar-refractivity contribution in [2.75, 3.05) is 6.61 Å². The Morgan fingerprint density at radius 3 is 1.86 bits per heavy atom. The first-order valence-electron chi connectivity index (χ1n) is 11.9. The first-order chi connectivity index (χ1) is 17.4. The maximum atomic E-state index is 11.6. The number of carbonyl (C=O) groups excluding carboxylic acids is 1. The van der Waals surface area contributed by atoms with Gasteiger partial charge >= 0.3 is 5.97 Å². The summed E-state index contributed by atoms with van der Waals surface area (Å²) in [5, 5.41) is 9.61. The van der Waals surface area contributed by atoms with E-state index in [-0.39, 0.29) is 6.61 Å². The second-order valence-corrected chi connectivity index (χ2v) is 8.97. The number of nitrogens with zero attached hydrogens (tertiary/aromatic N) is 1. The Kier molecular flexibility index (Phi) is 6.61. The van der Waals surface area contributed by atoms with Gasteiger partial charge in [0, 0.05) is 13.8 Å². The molecular formula is C29H27NO6. The zero-order valence-corrected chi connectivity index (χ0v) is 20.1. The standard InChI is InChI=1S/C29H27NO6/c1-20(31)32-18-24-25(26-27(33-24)36-28(2,19-30)34-26)35-29(21-12-6-3-7-13-21,22-14-8-4-9-15-22)23-16-10-5-11-17-23/h3-17,24-27H,18H2,1-2H3/t24-,25+,26+,27-,28+/m1/s1. The van der Waals surface area contributed by atoms with Gasteiger partial charge in [0.1, 0.15) is 36.6 Å². The summed E-state index contributed by atoms with van der Waals surface area (Å²) in [6.07, 6.45) is -2.97. The molecule has 2 aliphatic rings. The first-order valence-corrected chi connectivity index (χ1v) is 11.9. The van der Waals surface area contributed by atoms with Gasteiger partial charge in [-0.2, -0.15) is 5.26 Å². The number of esters is 1. The lowest BCUT2D eigenvalue weighted by atomic mass is 9.79. The summed E-state index contributed by atoms with van der Waals surface area (Å²) >= 11 is 0. The van der Waals surface area contributed by atoms with Crippen LogP contribution in [0.4, 0.5) is 0 Å². The quantitative estimate of drug-likeness (QED) is 0.364. The van der Waals surface area contributed by atoms with Crippen LogP contribution in [-0.2, 0) is 34.1 Å². The highest BCUT2D eigenvalue weighted by molar-refractivity contribution is 5.65. The van der Waals surface area contributed by atoms with E-state index in [2.05, 4.69) is 0 Å². The smallest absolute Gasteiger partial charge is 0.302 e. The Bertz CT molecular complexity index is 1130. The fourth-order valence-electron chi connectivity index (χ4n) is 4.88. The maximum Gasteiger partial charge on any atom is 0.302 e. The minimum absolute atomic E-state index is 0.0442. The molecule has 7 heteroatoms. The van der Waals surface area contributed by atoms with Crippen molar-refractivity contribution >= 4 is 5.97 Å². The average molecular weight is 486 g/mol. The van der Waals surface area contributed by atoms with E-state index in [0.29, 0.717) is 0 Å². The first kappa shape index (κ1) is 24.2. The molecule has 2 fully saturated rings. The summed E-state index contributed by atoms with van der Waals surface area (Å²) in [5.74, 6) is -1.91. The van der Waals surface area contributed by atoms with E-state index in [1.165, 1.54) is 6.92 Å². The molecule has 2 saturated heterocycles. The zero-order chi connectivity index (χ0) is 25.2. The monoisotopic (exact) mass is 485 g/mol. The molecule has 36 heavy (non-hydrogen) atoms. The van der Waals surface area contributed by atoms with E-state index in [1.54, 1.807) is 6.92 Å². The number of rotatable bonds is 7. The molecular weight excluding hydrogens is 458 g/mol. The van der Waals surface area contributed by atoms with E-state index in [1.807, 2.05) is 97.1 Å². The number of carbonyl (C=O) groups is 1. The molecule has 0 radical (unpaired) electrons. The Morgan fingerprint density at radius 1 is 0.917 bits per heavy atom. The Labute approximate surface area is 210 Å². The molecule has 0 amide bonds. The van der Waals surface area contributed by atoms with Crippen LogP contribution in [0, 0.1) is 11.3 Å². The molecule has 5 atom stereocenters. The highest BCUT2D eigenvalue weighted by Crippen LogP contribution is 2.46. The summed E-state index contributed by atoms with van der Waals surface area (Å²) in [6, 6.07) is 31.8. The summed E-state index contributed by atoms with van der Waals surface area (Å²) in [5.41, 5.74) is 1.65. The number of hydrogen-bond acceptors (Lipinski definition) is 7. The number of fused-ring (bicyclic) bond motifs is 1. The minimum atomic E-state index is -1.47. The second kappa shape index (κ2) is 9.84. The molecule has 0 saturated carbocycles. The minimum Gasteiger partial charge on any atom is -0.463 e. The van der Waals surface area contributed by atoms with Gasteiger partial charge in [0.25, 0.3) is 5.79 Å². The van der Waals surface area contributed by atoms with Crippen LogP contribution in [0.5, 0.6) is 0 Å². The molecule has 0 N–H and O–H groups in total. The average Bonchev–Trinajstić information content (AvgIpc) is 3.40. The number of ether oxygens (including phenoxy) is 5. The highest BCUT2D eigenvalue weighted by atomic mass is 16.8. The highest BCUT2D eigenvalue weighted by Gasteiger charge is 2.59. The Hall–Kier alpha value is -3.54. The van der Waals surface area contributed by atoms with Gasteiger partial charge in [-0.15, -0.1) is 0 Å². The number of hydrogen-bond donors (Lipinski definition) is 0. The lowest BCUT2D eigenvalue weighted by molar-refractivity contribution is -0.215. The fourth-order valence-corrected chi connectivity index (χ4v) is 4.88. The van der Waals surface area contributed by atoms with Crippen LogP contribution in [0.3, 0.4) is 0 Å². The van der Waals surface area contributed by atoms with E-state index in [4.69, 9.17) is 23.7 Å². The normalized spacial score (nSPS) is 27.2. The third kappa shape index (κ3) is 4.41. The van der Waals surface area contributed by atoms with Gasteiger partial charge < -0.3 is 23.7 Å². The molecule has 2 heterocycles. The summed E-state index contributed by atoms with van der Waals surface area (Å²) in [7, 11) is 0. The van der Waals surface area contributed by atoms with Gasteiger partial charge in [-0.3, -0.25) is 4.79 Å². The Morgan fingerprint density at radius 2 is 1.42 bits per heavy atom. The predicted octanol–water partition coefficient (Wildman–Crippen LogP) is 4.31. The number of benzene rings is 3. The molecule has 7 nitrogen and oxygen atoms in total. The lowest BCUT2D eigenvalue weighted by Crippen LogP contribution is -2.46. The van der Waals surface area contributed by atoms with Crippen LogP contribution < -0.4 is 0 Å². The number of nitriles is 1. The van der Waals surface area contributed by atoms with Crippen molar-refractivity contribution < 1.29 is 28.5 Å². The summed E-state index contributed by atoms with van der Waals surface area (Å²) in [4.78, 5) is 11.6. The van der Waals surface area contributed by atoms with Gasteiger partial charge in [-0.05, 0) is 16.7 Å². The van der Waals surface area contributed by atoms with Crippen molar-refractivity contribution in [3.8, 4) is 6.07 Å². The van der Waals surface area contributed by atoms with Crippen LogP contribution in [0.1, 0.15) is 30.5 Å². The summed E-state index contributed by atoms with van der Waals surface area (Å²) < 4.78 is 30.4. The van der Waals surface area contributed by atoms with Crippen LogP contribution >= 0.6 is 0 Å². The molecule has 0 aromatic heterocycles. The van der Waals surface area contributed by atoms with E-state index in [9.17, 15) is 10.1 Å². The SMILES string of the molecule is CC(=O)OC[C@H]1O[C@@H]2O[C@@](C)(C#N)O[C@H]2[C@H]1OC(c1ccccc1)(c1ccccc1)c1ccccc1. The second-order valence-electron chi connectivity index (χ2n) is 8.97. The fraction of sp³-hybridized carbons (Fsp3) is 0.310. The molecule has 184 valence electrons. The van der Waals surface area contributed by atoms with Gasteiger partial charge in [-0.1, -0.05) is 91.0 Å². The molecule has 5 rings (SSSR count). The molecule has 0 spiro atoms. The largest absolute Gasteiger partial charge is 0.463 e. The van der Waals surface area contributed by atoms with Crippen molar-refractivity contribution in [1.29, 1.82) is 5.26 Å². The maximum absolute atomic E-state index is 11.6. The van der Waals surface area contributed by atoms with Crippen LogP contribution in [0.2, 0.25) is 0 Å². The molecule has 3 aromatic carbocycles. The van der Waals surface area contributed by atoms with Crippen molar-refractivity contribution in [2.24, 2.45) is 0 Å². The molecule has 0 unspecified atom stereocenters. The van der Waals surface area contributed by atoms with Crippen molar-refractivity contribution in [3.63, 3.8) is 0 Å². The van der Waals surface area contributed by atoms with Crippen molar-refractivity contribution in [2.45, 2.75) is 49.8 Å². The lowest BCUT2D eigenvalue weighted by Gasteiger charge is -2.40. The van der Waals surface area contributed by atoms with E-state index >= 15 is 0 Å². The topological polar surface area (TPSA) is 87.0 Å². The van der Waals surface area contributed by atoms with Crippen LogP contribution in [-0.4, -0.2) is 43.0 Å². The van der Waals surface area contributed by atoms with Crippen molar-refractivity contribution in [3.05, 3.63) is 108 Å². The molecule has 0 aliphatic carbocycles. The third-order valence-corrected chi connectivity index (χ3v) is 6.48. The zero-order valence-electron chi connectivity index (χ0n) is 20.1. The predicted molar refractivity (Wildman–Crippen MR) is 129 cm³/mol. The van der Waals surface area contributed by atoms with E-state index < -0.39 is 42.0 Å². The van der Waals surface area contributed by atoms with Gasteiger partial charge in [0.15, 0.2) is 6.29 Å². The van der Waals surface area contributed by atoms with E-state index in [0.717, 1.165) is 16.7 Å². The molecule has 0 bridgehead atoms. The molecule has 2 aliphatic heterocycles. The van der Waals surface area contributed by atoms with Crippen molar-refractivity contribution in [1.82, 2.24) is 0 Å². The van der Waals surface area contributed by atoms with Gasteiger partial charge in [0.05, 0.1) is 0 Å². The van der Waals surface area contributed by atoms with Crippen LogP contribution in [0.15, 0.2) is 91.0 Å². The third-order valence-electron chi connectivity index (χ3n) is 6.48. The van der Waals surface area contributed by atoms with Crippen LogP contribution in [0.25, 0.3) is 0 Å². The molecule has 3 aromatic rings. The summed E-state index contributed by atoms with van der Waals surface area (Å²) in [6.45, 7) is 2.84.